The van der Waals surface area contributed by atoms with Crippen LogP contribution < -0.4 is 0 Å². The van der Waals surface area contributed by atoms with Crippen LogP contribution in [-0.4, -0.2) is 379 Å². The first-order valence-electron chi connectivity index (χ1n) is 40.8. The summed E-state index contributed by atoms with van der Waals surface area (Å²) in [5.41, 5.74) is 2.82. The Bertz CT molecular complexity index is 3300. The standard InChI is InChI=1S/C82H134O37/c1-13-81(11,118-79-71(61(96)56(91)49(35-85)111-79)116-76-65(100)59(94)54(89)47(33-83)109-76)31-19-28-41(5)23-15-21-39(3)25-17-27-43(7)37-105-75-67(102)63(98)69(51(113-75)38-106-74-64(99)58(93)52(87)45(9)107-74)115-78-68(103)70(53(88)46(10)108-78)114-73(104)44(8)30-18-26-40(4)22-16-24-42(6)29-20-32-82(12,14-2)119-80-72(62(97)57(92)50(36-86)112-80)117-77-66(101)60(95)55(90)48(34-84)110-77/h13-14,21-22,27-30,45-72,74-80,83-103H,1-2,15-20,23-26,31-38H2,3-12H3/b39-21+,40-22+,41-28+,42-29+,43-27-,44-30+/t45-,46-,47+,48+,49+,50+,51+,52-,53-,54+,55+,56+,57+,58+,59-,60-,61-,62-,63+,64+,65+,66+,67+,68+,69+,70+,71+,72+,74+,75+,76-,77-,78-,79-,80-,81+,82+/m0/s1. The first-order chi connectivity index (χ1) is 56.2. The highest BCUT2D eigenvalue weighted by Gasteiger charge is 2.57. The van der Waals surface area contributed by atoms with E-state index in [0.717, 1.165) is 27.9 Å². The average molecular weight is 1710 g/mol. The maximum absolute atomic E-state index is 13.7. The van der Waals surface area contributed by atoms with E-state index in [0.29, 0.717) is 77.0 Å². The smallest absolute Gasteiger partial charge is 0.333 e. The van der Waals surface area contributed by atoms with Crippen molar-refractivity contribution in [2.24, 2.45) is 0 Å². The monoisotopic (exact) mass is 1710 g/mol. The van der Waals surface area contributed by atoms with E-state index in [-0.39, 0.29) is 12.2 Å². The van der Waals surface area contributed by atoms with Crippen molar-refractivity contribution >= 4 is 5.97 Å². The number of carbonyl (C=O) groups excluding carboxylic acids is 1. The van der Waals surface area contributed by atoms with Gasteiger partial charge in [-0.05, 0) is 146 Å². The van der Waals surface area contributed by atoms with Gasteiger partial charge in [-0.25, -0.2) is 4.79 Å². The zero-order valence-electron chi connectivity index (χ0n) is 69.4. The molecule has 0 saturated carbocycles. The number of rotatable bonds is 42. The number of ether oxygens (including phenoxy) is 15. The van der Waals surface area contributed by atoms with Crippen molar-refractivity contribution in [3.05, 3.63) is 95.2 Å². The molecule has 0 aromatic carbocycles. The summed E-state index contributed by atoms with van der Waals surface area (Å²) in [5.74, 6) is -0.873. The largest absolute Gasteiger partial charge is 0.453 e. The number of hydrogen-bond donors (Lipinski definition) is 21. The Morgan fingerprint density at radius 3 is 1.08 bits per heavy atom. The van der Waals surface area contributed by atoms with Gasteiger partial charge in [-0.3, -0.25) is 0 Å². The van der Waals surface area contributed by atoms with Gasteiger partial charge in [-0.15, -0.1) is 13.2 Å². The van der Waals surface area contributed by atoms with Gasteiger partial charge in [0.2, 0.25) is 0 Å². The minimum atomic E-state index is -1.90. The highest BCUT2D eigenvalue weighted by Crippen LogP contribution is 2.39. The molecule has 0 aliphatic carbocycles. The molecule has 0 amide bonds. The zero-order chi connectivity index (χ0) is 88.2. The van der Waals surface area contributed by atoms with E-state index in [2.05, 4.69) is 25.3 Å². The fraction of sp³-hybridized carbons (Fsp3) is 0.793. The number of hydrogen-bond acceptors (Lipinski definition) is 37. The van der Waals surface area contributed by atoms with Crippen molar-refractivity contribution in [2.45, 2.75) is 372 Å². The SMILES string of the molecule is C=C[C@](C)(CC/C=C(\C)CC/C=C(\C)CC/C=C(/C)CO[C@@H]1O[C@H](CO[C@@H]2O[C@@H](C)[C@H](O)[C@@H](O)[C@H]2O)[C@@H](O[C@@H]2O[C@@H](C)[C@H](O)[C@@H](OC(=O)/C(C)=C/CC/C(C)=C/CC/C(C)=C/CC[C@@](C)(C=C)O[C@@H]3O[C@H](CO)[C@@H](O)[C@H](O)[C@H]3O[C@@H]3O[C@H](CO)[C@@H](O)[C@H](O)[C@H]3O)[C@H]2O)[C@H](O)[C@H]1O)O[C@@H]1O[C@H](CO)[C@@H](O)[C@H](O)[C@H]1O[C@@H]1O[C@H](CO)[C@@H](O)[C@H](O)[C@H]1O. The van der Waals surface area contributed by atoms with E-state index in [1.54, 1.807) is 26.8 Å². The van der Waals surface area contributed by atoms with Crippen LogP contribution in [0.25, 0.3) is 0 Å². The molecule has 0 aromatic rings. The molecule has 7 rings (SSSR count). The summed E-state index contributed by atoms with van der Waals surface area (Å²) in [5, 5.41) is 224. The predicted octanol–water partition coefficient (Wildman–Crippen LogP) is -2.41. The van der Waals surface area contributed by atoms with Gasteiger partial charge in [0, 0.05) is 5.57 Å². The minimum Gasteiger partial charge on any atom is -0.453 e. The normalized spacial score (nSPS) is 41.1. The Morgan fingerprint density at radius 2 is 0.655 bits per heavy atom. The van der Waals surface area contributed by atoms with Crippen molar-refractivity contribution in [1.82, 2.24) is 0 Å². The molecule has 0 spiro atoms. The topological polar surface area (TPSA) is 580 Å². The van der Waals surface area contributed by atoms with E-state index in [1.165, 1.54) is 32.9 Å². The van der Waals surface area contributed by atoms with Crippen LogP contribution >= 0.6 is 0 Å². The molecule has 0 radical (unpaired) electrons. The molecule has 119 heavy (non-hydrogen) atoms. The van der Waals surface area contributed by atoms with Gasteiger partial charge in [-0.1, -0.05) is 76.5 Å². The zero-order valence-corrected chi connectivity index (χ0v) is 69.4. The third-order valence-electron chi connectivity index (χ3n) is 22.9. The third kappa shape index (κ3) is 27.5. The van der Waals surface area contributed by atoms with E-state index < -0.39 is 265 Å². The Kier molecular flexibility index (Phi) is 40.8. The lowest BCUT2D eigenvalue weighted by molar-refractivity contribution is -0.375. The van der Waals surface area contributed by atoms with Crippen LogP contribution in [0.15, 0.2) is 95.2 Å². The summed E-state index contributed by atoms with van der Waals surface area (Å²) in [6.07, 6.45) is -34.5. The third-order valence-corrected chi connectivity index (χ3v) is 22.9. The fourth-order valence-corrected chi connectivity index (χ4v) is 14.6. The highest BCUT2D eigenvalue weighted by molar-refractivity contribution is 5.87. The second kappa shape index (κ2) is 47.5. The number of carbonyl (C=O) groups is 1. The number of aliphatic hydroxyl groups excluding tert-OH is 21. The summed E-state index contributed by atoms with van der Waals surface area (Å²) in [7, 11) is 0. The lowest BCUT2D eigenvalue weighted by atomic mass is 9.95. The van der Waals surface area contributed by atoms with Gasteiger partial charge in [0.15, 0.2) is 50.1 Å². The summed E-state index contributed by atoms with van der Waals surface area (Å²) in [6, 6.07) is 0. The summed E-state index contributed by atoms with van der Waals surface area (Å²) >= 11 is 0. The molecule has 7 heterocycles. The minimum absolute atomic E-state index is 0.0882. The molecule has 7 saturated heterocycles. The second-order valence-electron chi connectivity index (χ2n) is 32.7. The summed E-state index contributed by atoms with van der Waals surface area (Å²) in [6.45, 7) is 21.8. The molecule has 0 bridgehead atoms. The first-order valence-corrected chi connectivity index (χ1v) is 40.8. The molecule has 0 unspecified atom stereocenters. The van der Waals surface area contributed by atoms with Crippen molar-refractivity contribution < 1.29 is 183 Å². The molecule has 7 aliphatic rings. The van der Waals surface area contributed by atoms with Crippen LogP contribution in [0.5, 0.6) is 0 Å². The van der Waals surface area contributed by atoms with Crippen LogP contribution in [0.2, 0.25) is 0 Å². The summed E-state index contributed by atoms with van der Waals surface area (Å²) in [4.78, 5) is 13.7. The number of esters is 1. The Balaban J connectivity index is 0.881. The highest BCUT2D eigenvalue weighted by atomic mass is 16.8. The molecule has 37 nitrogen and oxygen atoms in total. The lowest BCUT2D eigenvalue weighted by Gasteiger charge is -2.47. The molecule has 21 N–H and O–H groups in total. The van der Waals surface area contributed by atoms with Crippen molar-refractivity contribution in [1.29, 1.82) is 0 Å². The molecular weight excluding hydrogens is 1580 g/mol. The molecule has 37 atom stereocenters. The van der Waals surface area contributed by atoms with E-state index in [9.17, 15) is 112 Å². The molecule has 7 fully saturated rings. The van der Waals surface area contributed by atoms with Gasteiger partial charge in [0.05, 0.1) is 63.1 Å². The predicted molar refractivity (Wildman–Crippen MR) is 416 cm³/mol. The Morgan fingerprint density at radius 1 is 0.336 bits per heavy atom. The number of allylic oxidation sites excluding steroid dienone is 10. The van der Waals surface area contributed by atoms with Gasteiger partial charge in [-0.2, -0.15) is 0 Å². The first kappa shape index (κ1) is 102. The molecule has 0 aromatic heterocycles. The number of aliphatic hydroxyl groups is 21. The average Bonchev–Trinajstić information content (AvgIpc) is 0.786. The Labute approximate surface area is 693 Å². The molecule has 7 aliphatic heterocycles. The van der Waals surface area contributed by atoms with Gasteiger partial charge in [0.25, 0.3) is 0 Å². The van der Waals surface area contributed by atoms with Crippen molar-refractivity contribution in [3.63, 3.8) is 0 Å². The maximum Gasteiger partial charge on any atom is 0.333 e. The molecule has 37 heteroatoms. The van der Waals surface area contributed by atoms with Crippen LogP contribution in [-0.2, 0) is 75.8 Å². The van der Waals surface area contributed by atoms with E-state index in [1.807, 2.05) is 45.9 Å². The van der Waals surface area contributed by atoms with Crippen molar-refractivity contribution in [3.8, 4) is 0 Å². The maximum atomic E-state index is 13.7. The fourth-order valence-electron chi connectivity index (χ4n) is 14.6. The van der Waals surface area contributed by atoms with Crippen LogP contribution in [0.4, 0.5) is 0 Å². The summed E-state index contributed by atoms with van der Waals surface area (Å²) < 4.78 is 88.5. The van der Waals surface area contributed by atoms with E-state index in [4.69, 9.17) is 71.1 Å². The van der Waals surface area contributed by atoms with Crippen LogP contribution in [0, 0.1) is 0 Å². The van der Waals surface area contributed by atoms with Crippen LogP contribution in [0.1, 0.15) is 146 Å². The van der Waals surface area contributed by atoms with Crippen molar-refractivity contribution in [2.75, 3.05) is 39.6 Å². The van der Waals surface area contributed by atoms with Crippen LogP contribution in [0.3, 0.4) is 0 Å². The second-order valence-corrected chi connectivity index (χ2v) is 32.7. The van der Waals surface area contributed by atoms with Gasteiger partial charge >= 0.3 is 5.97 Å². The quantitative estimate of drug-likeness (QED) is 0.0172. The van der Waals surface area contributed by atoms with Gasteiger partial charge < -0.3 is 178 Å². The Hall–Kier alpha value is -4.01. The molecular formula is C82H134O37. The van der Waals surface area contributed by atoms with E-state index >= 15 is 0 Å². The lowest BCUT2D eigenvalue weighted by Crippen LogP contribution is -2.65. The van der Waals surface area contributed by atoms with Gasteiger partial charge in [0.1, 0.15) is 153 Å². The molecule has 684 valence electrons.